The van der Waals surface area contributed by atoms with Crippen molar-refractivity contribution in [3.8, 4) is 11.5 Å². The fraction of sp³-hybridized carbons (Fsp3) is 0.562. The topological polar surface area (TPSA) is 81.9 Å². The van der Waals surface area contributed by atoms with Gasteiger partial charge in [0.25, 0.3) is 0 Å². The summed E-state index contributed by atoms with van der Waals surface area (Å²) in [6.45, 7) is 2.39. The van der Waals surface area contributed by atoms with Crippen LogP contribution < -0.4 is 15.2 Å². The number of carbonyl (C=O) groups excluding carboxylic acids is 1. The predicted molar refractivity (Wildman–Crippen MR) is 94.4 cm³/mol. The molecule has 2 unspecified atom stereocenters. The molecule has 1 aromatic rings. The molecule has 0 saturated carbocycles. The molecule has 0 radical (unpaired) electrons. The minimum atomic E-state index is -1.23. The first-order valence-electron chi connectivity index (χ1n) is 7.95. The molecule has 0 spiro atoms. The van der Waals surface area contributed by atoms with Crippen LogP contribution in [0.1, 0.15) is 19.3 Å². The molecule has 6 nitrogen and oxygen atoms in total. The molecule has 1 fully saturated rings. The molecule has 1 saturated heterocycles. The van der Waals surface area contributed by atoms with Crippen molar-refractivity contribution in [2.45, 2.75) is 30.2 Å². The second kappa shape index (κ2) is 8.69. The zero-order chi connectivity index (χ0) is 16.2. The Bertz CT molecular complexity index is 614. The average molecular weight is 375 g/mol. The normalized spacial score (nSPS) is 20.9. The number of benzene rings is 1. The van der Waals surface area contributed by atoms with Gasteiger partial charge in [-0.3, -0.25) is 9.00 Å². The summed E-state index contributed by atoms with van der Waals surface area (Å²) in [6, 6.07) is 5.35. The second-order valence-electron chi connectivity index (χ2n) is 5.85. The van der Waals surface area contributed by atoms with E-state index in [4.69, 9.17) is 15.2 Å². The molecule has 24 heavy (non-hydrogen) atoms. The summed E-state index contributed by atoms with van der Waals surface area (Å²) in [5, 5.41) is 0. The van der Waals surface area contributed by atoms with Gasteiger partial charge in [-0.1, -0.05) is 0 Å². The van der Waals surface area contributed by atoms with Gasteiger partial charge in [-0.05, 0) is 25.0 Å². The molecular formula is C16H23ClN2O4S. The number of likely N-dealkylation sites (tertiary alicyclic amines) is 1. The number of hydrogen-bond acceptors (Lipinski definition) is 5. The third-order valence-corrected chi connectivity index (χ3v) is 5.44. The lowest BCUT2D eigenvalue weighted by molar-refractivity contribution is -0.131. The zero-order valence-electron chi connectivity index (χ0n) is 13.4. The number of carbonyl (C=O) groups is 1. The van der Waals surface area contributed by atoms with Crippen molar-refractivity contribution in [2.24, 2.45) is 5.73 Å². The molecule has 0 aromatic heterocycles. The number of fused-ring (bicyclic) bond motifs is 1. The van der Waals surface area contributed by atoms with E-state index in [-0.39, 0.29) is 30.8 Å². The van der Waals surface area contributed by atoms with E-state index >= 15 is 0 Å². The van der Waals surface area contributed by atoms with Gasteiger partial charge in [0.2, 0.25) is 5.91 Å². The van der Waals surface area contributed by atoms with E-state index in [0.717, 1.165) is 19.4 Å². The average Bonchev–Trinajstić information content (AvgIpc) is 2.59. The smallest absolute Gasteiger partial charge is 0.223 e. The number of halogens is 1. The molecule has 2 aliphatic heterocycles. The standard InChI is InChI=1S/C16H22N2O4S.ClH/c17-12-2-1-6-18(11-12)16(19)5-9-23(20)13-3-4-14-15(10-13)22-8-7-21-14;/h3-4,10,12H,1-2,5-9,11,17H2;1H. The highest BCUT2D eigenvalue weighted by Gasteiger charge is 2.22. The molecule has 2 heterocycles. The highest BCUT2D eigenvalue weighted by atomic mass is 35.5. The largest absolute Gasteiger partial charge is 0.486 e. The Labute approximate surface area is 150 Å². The predicted octanol–water partition coefficient (Wildman–Crippen LogP) is 1.33. The van der Waals surface area contributed by atoms with Gasteiger partial charge in [0, 0.05) is 42.3 Å². The van der Waals surface area contributed by atoms with Crippen LogP contribution in [0, 0.1) is 0 Å². The van der Waals surface area contributed by atoms with Crippen LogP contribution in [0.5, 0.6) is 11.5 Å². The third kappa shape index (κ3) is 4.62. The van der Waals surface area contributed by atoms with Gasteiger partial charge < -0.3 is 20.1 Å². The molecule has 3 rings (SSSR count). The molecule has 2 aliphatic rings. The van der Waals surface area contributed by atoms with E-state index in [1.54, 1.807) is 23.1 Å². The van der Waals surface area contributed by atoms with E-state index in [9.17, 15) is 9.00 Å². The fourth-order valence-corrected chi connectivity index (χ4v) is 3.91. The first-order valence-corrected chi connectivity index (χ1v) is 9.27. The number of amides is 1. The van der Waals surface area contributed by atoms with Gasteiger partial charge in [-0.2, -0.15) is 0 Å². The fourth-order valence-electron chi connectivity index (χ4n) is 2.86. The van der Waals surface area contributed by atoms with Gasteiger partial charge in [0.15, 0.2) is 11.5 Å². The van der Waals surface area contributed by atoms with Crippen LogP contribution in [0.4, 0.5) is 0 Å². The summed E-state index contributed by atoms with van der Waals surface area (Å²) in [5.74, 6) is 1.64. The van der Waals surface area contributed by atoms with Crippen molar-refractivity contribution in [1.82, 2.24) is 4.90 Å². The number of ether oxygens (including phenoxy) is 2. The lowest BCUT2D eigenvalue weighted by Gasteiger charge is -2.30. The number of hydrogen-bond donors (Lipinski definition) is 1. The van der Waals surface area contributed by atoms with Crippen LogP contribution in [0.2, 0.25) is 0 Å². The highest BCUT2D eigenvalue weighted by molar-refractivity contribution is 7.85. The number of piperidine rings is 1. The van der Waals surface area contributed by atoms with Crippen molar-refractivity contribution >= 4 is 29.1 Å². The summed E-state index contributed by atoms with van der Waals surface area (Å²) < 4.78 is 23.3. The van der Waals surface area contributed by atoms with E-state index in [2.05, 4.69) is 0 Å². The summed E-state index contributed by atoms with van der Waals surface area (Å²) in [6.07, 6.45) is 2.18. The Hall–Kier alpha value is -1.31. The van der Waals surface area contributed by atoms with Crippen molar-refractivity contribution in [1.29, 1.82) is 0 Å². The van der Waals surface area contributed by atoms with Gasteiger partial charge in [0.1, 0.15) is 13.2 Å². The first-order chi connectivity index (χ1) is 11.1. The number of nitrogens with zero attached hydrogens (tertiary/aromatic N) is 1. The van der Waals surface area contributed by atoms with Crippen molar-refractivity contribution in [3.63, 3.8) is 0 Å². The van der Waals surface area contributed by atoms with Crippen LogP contribution in [-0.4, -0.2) is 53.1 Å². The molecule has 8 heteroatoms. The van der Waals surface area contributed by atoms with Crippen molar-refractivity contribution in [3.05, 3.63) is 18.2 Å². The summed E-state index contributed by atoms with van der Waals surface area (Å²) in [5.41, 5.74) is 5.90. The van der Waals surface area contributed by atoms with E-state index in [1.807, 2.05) is 0 Å². The Balaban J connectivity index is 0.00000208. The number of nitrogens with two attached hydrogens (primary N) is 1. The maximum absolute atomic E-state index is 12.4. The van der Waals surface area contributed by atoms with Crippen LogP contribution in [0.15, 0.2) is 23.1 Å². The maximum Gasteiger partial charge on any atom is 0.223 e. The molecule has 2 atom stereocenters. The Kier molecular flexibility index (Phi) is 6.89. The van der Waals surface area contributed by atoms with E-state index in [0.29, 0.717) is 41.9 Å². The van der Waals surface area contributed by atoms with E-state index in [1.165, 1.54) is 0 Å². The van der Waals surface area contributed by atoms with Crippen LogP contribution >= 0.6 is 12.4 Å². The van der Waals surface area contributed by atoms with E-state index < -0.39 is 10.8 Å². The second-order valence-corrected chi connectivity index (χ2v) is 7.42. The molecule has 134 valence electrons. The first kappa shape index (κ1) is 19.0. The molecule has 0 aliphatic carbocycles. The summed E-state index contributed by atoms with van der Waals surface area (Å²) in [4.78, 5) is 14.7. The Morgan fingerprint density at radius 1 is 1.29 bits per heavy atom. The van der Waals surface area contributed by atoms with Crippen molar-refractivity contribution < 1.29 is 18.5 Å². The van der Waals surface area contributed by atoms with Gasteiger partial charge >= 0.3 is 0 Å². The summed E-state index contributed by atoms with van der Waals surface area (Å²) >= 11 is 0. The molecule has 0 bridgehead atoms. The third-order valence-electron chi connectivity index (χ3n) is 4.09. The molecule has 2 N–H and O–H groups in total. The minimum Gasteiger partial charge on any atom is -0.486 e. The lowest BCUT2D eigenvalue weighted by atomic mass is 10.1. The zero-order valence-corrected chi connectivity index (χ0v) is 15.1. The molecule has 1 aromatic carbocycles. The van der Waals surface area contributed by atoms with Gasteiger partial charge in [0.05, 0.1) is 10.8 Å². The molecule has 1 amide bonds. The molecular weight excluding hydrogens is 352 g/mol. The van der Waals surface area contributed by atoms with Crippen LogP contribution in [0.3, 0.4) is 0 Å². The Morgan fingerprint density at radius 2 is 2.04 bits per heavy atom. The van der Waals surface area contributed by atoms with Crippen LogP contribution in [0.25, 0.3) is 0 Å². The number of rotatable bonds is 4. The van der Waals surface area contributed by atoms with Gasteiger partial charge in [-0.25, -0.2) is 0 Å². The monoisotopic (exact) mass is 374 g/mol. The Morgan fingerprint density at radius 3 is 2.79 bits per heavy atom. The summed E-state index contributed by atoms with van der Waals surface area (Å²) in [7, 11) is -1.23. The maximum atomic E-state index is 12.4. The SMILES string of the molecule is Cl.NC1CCCN(C(=O)CCS(=O)c2ccc3c(c2)OCCO3)C1. The highest BCUT2D eigenvalue weighted by Crippen LogP contribution is 2.31. The minimum absolute atomic E-state index is 0. The van der Waals surface area contributed by atoms with Crippen LogP contribution in [-0.2, 0) is 15.6 Å². The lowest BCUT2D eigenvalue weighted by Crippen LogP contribution is -2.45. The van der Waals surface area contributed by atoms with Crippen molar-refractivity contribution in [2.75, 3.05) is 32.1 Å². The van der Waals surface area contributed by atoms with Gasteiger partial charge in [-0.15, -0.1) is 12.4 Å². The quantitative estimate of drug-likeness (QED) is 0.859.